The van der Waals surface area contributed by atoms with Crippen LogP contribution in [0, 0.1) is 13.8 Å². The average molecular weight is 383 g/mol. The molecule has 0 radical (unpaired) electrons. The Morgan fingerprint density at radius 2 is 1.78 bits per heavy atom. The number of ether oxygens (including phenoxy) is 1. The van der Waals surface area contributed by atoms with Crippen molar-refractivity contribution in [2.45, 2.75) is 31.2 Å². The number of aryl methyl sites for hydroxylation is 2. The molecule has 0 saturated heterocycles. The summed E-state index contributed by atoms with van der Waals surface area (Å²) in [5.41, 5.74) is 3.70. The van der Waals surface area contributed by atoms with E-state index in [-0.39, 0.29) is 11.2 Å². The van der Waals surface area contributed by atoms with Crippen LogP contribution in [-0.4, -0.2) is 28.5 Å². The second kappa shape index (κ2) is 8.26. The molecule has 1 heterocycles. The fourth-order valence-corrected chi connectivity index (χ4v) is 3.23. The largest absolute Gasteiger partial charge is 0.497 e. The summed E-state index contributed by atoms with van der Waals surface area (Å²) in [4.78, 5) is 12.5. The minimum absolute atomic E-state index is 0.110. The van der Waals surface area contributed by atoms with Crippen molar-refractivity contribution in [3.05, 3.63) is 53.6 Å². The van der Waals surface area contributed by atoms with Crippen LogP contribution in [0.15, 0.2) is 52.1 Å². The van der Waals surface area contributed by atoms with Gasteiger partial charge in [-0.1, -0.05) is 30.0 Å². The number of carbonyl (C=O) groups excluding carboxylic acids is 1. The Labute approximate surface area is 162 Å². The number of nitrogens with one attached hydrogen (secondary N) is 1. The maximum atomic E-state index is 12.5. The predicted molar refractivity (Wildman–Crippen MR) is 106 cm³/mol. The molecule has 140 valence electrons. The summed E-state index contributed by atoms with van der Waals surface area (Å²) in [6.45, 7) is 5.75. The lowest BCUT2D eigenvalue weighted by Crippen LogP contribution is -2.23. The second-order valence-corrected chi connectivity index (χ2v) is 7.41. The fraction of sp³-hybridized carbons (Fsp3) is 0.250. The highest BCUT2D eigenvalue weighted by Gasteiger charge is 2.20. The van der Waals surface area contributed by atoms with E-state index in [9.17, 15) is 4.79 Å². The van der Waals surface area contributed by atoms with Crippen molar-refractivity contribution in [1.29, 1.82) is 0 Å². The van der Waals surface area contributed by atoms with Crippen LogP contribution in [0.2, 0.25) is 0 Å². The zero-order valence-electron chi connectivity index (χ0n) is 15.6. The molecule has 0 bridgehead atoms. The van der Waals surface area contributed by atoms with Crippen LogP contribution in [0.5, 0.6) is 5.75 Å². The number of para-hydroxylation sites is 1. The molecule has 0 fully saturated rings. The first-order chi connectivity index (χ1) is 13.0. The number of methoxy groups -OCH3 is 1. The number of nitrogens with zero attached hydrogens (tertiary/aromatic N) is 2. The van der Waals surface area contributed by atoms with Crippen LogP contribution >= 0.6 is 11.8 Å². The molecule has 0 aliphatic rings. The minimum Gasteiger partial charge on any atom is -0.497 e. The summed E-state index contributed by atoms with van der Waals surface area (Å²) in [6.07, 6.45) is 0. The summed E-state index contributed by atoms with van der Waals surface area (Å²) < 4.78 is 10.8. The van der Waals surface area contributed by atoms with Gasteiger partial charge in [0.15, 0.2) is 0 Å². The molecular weight excluding hydrogens is 362 g/mol. The van der Waals surface area contributed by atoms with E-state index in [0.29, 0.717) is 11.1 Å². The minimum atomic E-state index is -0.381. The summed E-state index contributed by atoms with van der Waals surface area (Å²) in [5.74, 6) is 1.05. The number of aromatic nitrogens is 2. The number of carbonyl (C=O) groups is 1. The van der Waals surface area contributed by atoms with Gasteiger partial charge in [0.25, 0.3) is 5.22 Å². The number of amides is 1. The Morgan fingerprint density at radius 3 is 2.41 bits per heavy atom. The van der Waals surface area contributed by atoms with Gasteiger partial charge in [-0.3, -0.25) is 4.79 Å². The van der Waals surface area contributed by atoms with E-state index in [2.05, 4.69) is 15.5 Å². The van der Waals surface area contributed by atoms with E-state index >= 15 is 0 Å². The summed E-state index contributed by atoms with van der Waals surface area (Å²) in [7, 11) is 1.61. The summed E-state index contributed by atoms with van der Waals surface area (Å²) >= 11 is 1.23. The summed E-state index contributed by atoms with van der Waals surface area (Å²) in [6, 6.07) is 13.3. The molecule has 0 aliphatic carbocycles. The number of rotatable bonds is 6. The second-order valence-electron chi connectivity index (χ2n) is 6.12. The van der Waals surface area contributed by atoms with Gasteiger partial charge in [0.2, 0.25) is 11.8 Å². The highest BCUT2D eigenvalue weighted by atomic mass is 32.2. The van der Waals surface area contributed by atoms with Gasteiger partial charge in [0.05, 0.1) is 12.4 Å². The molecule has 1 aromatic heterocycles. The average Bonchev–Trinajstić information content (AvgIpc) is 3.13. The maximum Gasteiger partial charge on any atom is 0.277 e. The quantitative estimate of drug-likeness (QED) is 0.632. The zero-order valence-corrected chi connectivity index (χ0v) is 16.5. The van der Waals surface area contributed by atoms with E-state index in [1.165, 1.54) is 11.8 Å². The van der Waals surface area contributed by atoms with Gasteiger partial charge < -0.3 is 14.5 Å². The maximum absolute atomic E-state index is 12.5. The molecule has 1 amide bonds. The standard InChI is InChI=1S/C20H21N3O3S/c1-12-6-5-7-13(2)17(12)21-18(24)14(3)27-20-23-22-19(26-20)15-8-10-16(25-4)11-9-15/h5-11,14H,1-4H3,(H,21,24). The molecular formula is C20H21N3O3S. The Bertz CT molecular complexity index is 918. The van der Waals surface area contributed by atoms with Gasteiger partial charge in [-0.15, -0.1) is 10.2 Å². The van der Waals surface area contributed by atoms with Gasteiger partial charge in [-0.05, 0) is 56.2 Å². The van der Waals surface area contributed by atoms with Crippen LogP contribution in [0.3, 0.4) is 0 Å². The molecule has 0 saturated carbocycles. The Kier molecular flexibility index (Phi) is 5.81. The first kappa shape index (κ1) is 19.0. The van der Waals surface area contributed by atoms with Crippen molar-refractivity contribution in [3.63, 3.8) is 0 Å². The van der Waals surface area contributed by atoms with Gasteiger partial charge in [0, 0.05) is 11.3 Å². The molecule has 27 heavy (non-hydrogen) atoms. The third-order valence-corrected chi connectivity index (χ3v) is 5.05. The van der Waals surface area contributed by atoms with Gasteiger partial charge >= 0.3 is 0 Å². The van der Waals surface area contributed by atoms with Crippen molar-refractivity contribution < 1.29 is 13.9 Å². The molecule has 0 aliphatic heterocycles. The molecule has 3 rings (SSSR count). The zero-order chi connectivity index (χ0) is 19.4. The van der Waals surface area contributed by atoms with Crippen LogP contribution in [-0.2, 0) is 4.79 Å². The Morgan fingerprint density at radius 1 is 1.11 bits per heavy atom. The molecule has 3 aromatic rings. The molecule has 1 N–H and O–H groups in total. The molecule has 2 aromatic carbocycles. The van der Waals surface area contributed by atoms with Gasteiger partial charge in [0.1, 0.15) is 5.75 Å². The monoisotopic (exact) mass is 383 g/mol. The van der Waals surface area contributed by atoms with E-state index < -0.39 is 0 Å². The molecule has 1 atom stereocenters. The first-order valence-electron chi connectivity index (χ1n) is 8.49. The third kappa shape index (κ3) is 4.49. The number of hydrogen-bond acceptors (Lipinski definition) is 6. The Hall–Kier alpha value is -2.80. The highest BCUT2D eigenvalue weighted by molar-refractivity contribution is 8.00. The van der Waals surface area contributed by atoms with Gasteiger partial charge in [-0.2, -0.15) is 0 Å². The molecule has 1 unspecified atom stereocenters. The van der Waals surface area contributed by atoms with Gasteiger partial charge in [-0.25, -0.2) is 0 Å². The number of anilines is 1. The van der Waals surface area contributed by atoms with Crippen LogP contribution in [0.4, 0.5) is 5.69 Å². The Balaban J connectivity index is 1.66. The highest BCUT2D eigenvalue weighted by Crippen LogP contribution is 2.28. The van der Waals surface area contributed by atoms with Crippen molar-refractivity contribution in [3.8, 4) is 17.2 Å². The first-order valence-corrected chi connectivity index (χ1v) is 9.37. The van der Waals surface area contributed by atoms with Crippen molar-refractivity contribution >= 4 is 23.4 Å². The van der Waals surface area contributed by atoms with Crippen LogP contribution in [0.25, 0.3) is 11.5 Å². The number of hydrogen-bond donors (Lipinski definition) is 1. The van der Waals surface area contributed by atoms with Crippen LogP contribution < -0.4 is 10.1 Å². The lowest BCUT2D eigenvalue weighted by atomic mass is 10.1. The van der Waals surface area contributed by atoms with E-state index in [1.807, 2.05) is 63.2 Å². The third-order valence-electron chi connectivity index (χ3n) is 4.12. The topological polar surface area (TPSA) is 77.2 Å². The number of benzene rings is 2. The van der Waals surface area contributed by atoms with Crippen molar-refractivity contribution in [1.82, 2.24) is 10.2 Å². The smallest absolute Gasteiger partial charge is 0.277 e. The lowest BCUT2D eigenvalue weighted by Gasteiger charge is -2.14. The van der Waals surface area contributed by atoms with E-state index in [1.54, 1.807) is 7.11 Å². The van der Waals surface area contributed by atoms with Crippen molar-refractivity contribution in [2.24, 2.45) is 0 Å². The summed E-state index contributed by atoms with van der Waals surface area (Å²) in [5, 5.41) is 11.0. The normalized spacial score (nSPS) is 11.9. The van der Waals surface area contributed by atoms with Crippen LogP contribution in [0.1, 0.15) is 18.1 Å². The molecule has 6 nitrogen and oxygen atoms in total. The fourth-order valence-electron chi connectivity index (χ4n) is 2.55. The SMILES string of the molecule is COc1ccc(-c2nnc(SC(C)C(=O)Nc3c(C)cccc3C)o2)cc1. The number of thioether (sulfide) groups is 1. The predicted octanol–water partition coefficient (Wildman–Crippen LogP) is 4.48. The van der Waals surface area contributed by atoms with Crippen molar-refractivity contribution in [2.75, 3.05) is 12.4 Å². The van der Waals surface area contributed by atoms with E-state index in [4.69, 9.17) is 9.15 Å². The van der Waals surface area contributed by atoms with E-state index in [0.717, 1.165) is 28.1 Å². The molecule has 0 spiro atoms. The lowest BCUT2D eigenvalue weighted by molar-refractivity contribution is -0.115. The molecule has 7 heteroatoms.